The van der Waals surface area contributed by atoms with Crippen LogP contribution < -0.4 is 0 Å². The van der Waals surface area contributed by atoms with E-state index in [2.05, 4.69) is 0 Å². The van der Waals surface area contributed by atoms with Crippen LogP contribution in [0.3, 0.4) is 0 Å². The van der Waals surface area contributed by atoms with Crippen LogP contribution in [0.25, 0.3) is 0 Å². The molecular weight excluding hydrogens is 276 g/mol. The second kappa shape index (κ2) is 4.32. The third kappa shape index (κ3) is 1.63. The average Bonchev–Trinajstić information content (AvgIpc) is 2.46. The van der Waals surface area contributed by atoms with Crippen molar-refractivity contribution in [2.45, 2.75) is 6.61 Å². The van der Waals surface area contributed by atoms with Gasteiger partial charge in [0.05, 0.1) is 23.3 Å². The van der Waals surface area contributed by atoms with Gasteiger partial charge in [-0.05, 0) is 12.1 Å². The van der Waals surface area contributed by atoms with Crippen LogP contribution in [-0.2, 0) is 6.61 Å². The van der Waals surface area contributed by atoms with Crippen LogP contribution in [0.2, 0.25) is 0 Å². The fraction of sp³-hybridized carbons (Fsp3) is 0.0667. The van der Waals surface area contributed by atoms with E-state index in [1.807, 2.05) is 0 Å². The molecule has 0 atom stereocenters. The van der Waals surface area contributed by atoms with Gasteiger partial charge >= 0.3 is 0 Å². The molecule has 0 aromatic heterocycles. The molecule has 0 heterocycles. The molecule has 0 saturated heterocycles. The topological polar surface area (TPSA) is 115 Å². The third-order valence-corrected chi connectivity index (χ3v) is 3.50. The van der Waals surface area contributed by atoms with Gasteiger partial charge in [-0.3, -0.25) is 9.59 Å². The molecule has 0 radical (unpaired) electrons. The Hall–Kier alpha value is -2.86. The molecule has 0 aliphatic heterocycles. The molecule has 1 aliphatic rings. The number of carbonyl (C=O) groups excluding carboxylic acids is 2. The van der Waals surface area contributed by atoms with Gasteiger partial charge in [-0.25, -0.2) is 0 Å². The molecule has 0 saturated carbocycles. The summed E-state index contributed by atoms with van der Waals surface area (Å²) in [6.07, 6.45) is 0. The number of hydrogen-bond donors (Lipinski definition) is 4. The van der Waals surface area contributed by atoms with Gasteiger partial charge in [-0.2, -0.15) is 0 Å². The number of hydrogen-bond acceptors (Lipinski definition) is 6. The molecule has 0 amide bonds. The number of phenolic OH excluding ortho intramolecular Hbond substituents is 2. The van der Waals surface area contributed by atoms with Crippen molar-refractivity contribution in [3.8, 4) is 17.2 Å². The molecule has 3 rings (SSSR count). The number of fused-ring (bicyclic) bond motifs is 2. The zero-order valence-corrected chi connectivity index (χ0v) is 10.6. The summed E-state index contributed by atoms with van der Waals surface area (Å²) in [6.45, 7) is -0.596. The number of aromatic hydroxyl groups is 3. The molecule has 6 heteroatoms. The van der Waals surface area contributed by atoms with E-state index in [1.165, 1.54) is 18.2 Å². The quantitative estimate of drug-likeness (QED) is 0.497. The summed E-state index contributed by atoms with van der Waals surface area (Å²) in [7, 11) is 0. The van der Waals surface area contributed by atoms with E-state index >= 15 is 0 Å². The maximum Gasteiger partial charge on any atom is 0.202 e. The lowest BCUT2D eigenvalue weighted by Gasteiger charge is -2.21. The normalized spacial score (nSPS) is 13.0. The molecule has 106 valence electrons. The second-order valence-corrected chi connectivity index (χ2v) is 4.67. The lowest BCUT2D eigenvalue weighted by molar-refractivity contribution is 0.0971. The summed E-state index contributed by atoms with van der Waals surface area (Å²) in [5, 5.41) is 38.9. The molecule has 1 aliphatic carbocycles. The highest BCUT2D eigenvalue weighted by Gasteiger charge is 2.37. The van der Waals surface area contributed by atoms with E-state index in [9.17, 15) is 24.9 Å². The fourth-order valence-electron chi connectivity index (χ4n) is 2.51. The molecule has 0 unspecified atom stereocenters. The van der Waals surface area contributed by atoms with Crippen molar-refractivity contribution in [3.05, 3.63) is 52.1 Å². The van der Waals surface area contributed by atoms with E-state index in [4.69, 9.17) is 5.11 Å². The highest BCUT2D eigenvalue weighted by Crippen LogP contribution is 2.41. The van der Waals surface area contributed by atoms with E-state index in [1.54, 1.807) is 0 Å². The van der Waals surface area contributed by atoms with E-state index in [0.717, 1.165) is 6.07 Å². The SMILES string of the molecule is O=C1c2c(O)cccc2C(=O)c2c(O)c(CO)cc(O)c21. The van der Waals surface area contributed by atoms with E-state index < -0.39 is 29.7 Å². The standard InChI is InChI=1S/C15H10O6/c16-5-6-4-9(18)11-12(13(6)19)14(20)7-2-1-3-8(17)10(7)15(11)21/h1-4,16-19H,5H2. The molecule has 4 N–H and O–H groups in total. The van der Waals surface area contributed by atoms with Crippen LogP contribution in [0.4, 0.5) is 0 Å². The van der Waals surface area contributed by atoms with Crippen molar-refractivity contribution >= 4 is 11.6 Å². The van der Waals surface area contributed by atoms with Crippen molar-refractivity contribution in [1.82, 2.24) is 0 Å². The summed E-state index contributed by atoms with van der Waals surface area (Å²) >= 11 is 0. The van der Waals surface area contributed by atoms with Gasteiger partial charge in [-0.1, -0.05) is 12.1 Å². The van der Waals surface area contributed by atoms with Gasteiger partial charge in [0.25, 0.3) is 0 Å². The minimum absolute atomic E-state index is 0.0581. The lowest BCUT2D eigenvalue weighted by atomic mass is 9.81. The van der Waals surface area contributed by atoms with Crippen LogP contribution >= 0.6 is 0 Å². The molecule has 6 nitrogen and oxygen atoms in total. The Morgan fingerprint density at radius 3 is 2.24 bits per heavy atom. The van der Waals surface area contributed by atoms with Crippen LogP contribution in [0.1, 0.15) is 37.4 Å². The summed E-state index contributed by atoms with van der Waals surface area (Å²) in [4.78, 5) is 24.8. The first-order valence-electron chi connectivity index (χ1n) is 6.07. The van der Waals surface area contributed by atoms with Gasteiger partial charge in [0, 0.05) is 11.1 Å². The highest BCUT2D eigenvalue weighted by atomic mass is 16.3. The largest absolute Gasteiger partial charge is 0.507 e. The molecule has 2 aromatic carbocycles. The van der Waals surface area contributed by atoms with Crippen LogP contribution in [0.5, 0.6) is 17.2 Å². The second-order valence-electron chi connectivity index (χ2n) is 4.67. The van der Waals surface area contributed by atoms with Crippen LogP contribution in [0.15, 0.2) is 24.3 Å². The van der Waals surface area contributed by atoms with Crippen molar-refractivity contribution in [2.75, 3.05) is 0 Å². The number of aliphatic hydroxyl groups excluding tert-OH is 1. The average molecular weight is 286 g/mol. The predicted octanol–water partition coefficient (Wildman–Crippen LogP) is 1.07. The summed E-state index contributed by atoms with van der Waals surface area (Å²) < 4.78 is 0. The predicted molar refractivity (Wildman–Crippen MR) is 70.7 cm³/mol. The lowest BCUT2D eigenvalue weighted by Crippen LogP contribution is -2.21. The summed E-state index contributed by atoms with van der Waals surface area (Å²) in [5.41, 5.74) is -1.06. The van der Waals surface area contributed by atoms with Crippen molar-refractivity contribution in [3.63, 3.8) is 0 Å². The Morgan fingerprint density at radius 1 is 0.857 bits per heavy atom. The zero-order chi connectivity index (χ0) is 15.3. The van der Waals surface area contributed by atoms with Crippen LogP contribution in [-0.4, -0.2) is 32.0 Å². The van der Waals surface area contributed by atoms with Gasteiger partial charge in [0.2, 0.25) is 5.78 Å². The molecular formula is C15H10O6. The van der Waals surface area contributed by atoms with E-state index in [-0.39, 0.29) is 33.6 Å². The minimum Gasteiger partial charge on any atom is -0.507 e. The van der Waals surface area contributed by atoms with Crippen molar-refractivity contribution in [1.29, 1.82) is 0 Å². The Bertz CT molecular complexity index is 806. The Morgan fingerprint density at radius 2 is 1.57 bits per heavy atom. The van der Waals surface area contributed by atoms with Gasteiger partial charge < -0.3 is 20.4 Å². The Kier molecular flexibility index (Phi) is 2.70. The van der Waals surface area contributed by atoms with Crippen molar-refractivity contribution < 1.29 is 30.0 Å². The summed E-state index contributed by atoms with van der Waals surface area (Å²) in [6, 6.07) is 5.02. The number of ketones is 2. The first-order chi connectivity index (χ1) is 9.97. The van der Waals surface area contributed by atoms with Crippen LogP contribution in [0, 0.1) is 0 Å². The molecule has 0 fully saturated rings. The minimum atomic E-state index is -0.755. The maximum absolute atomic E-state index is 12.4. The monoisotopic (exact) mass is 286 g/mol. The highest BCUT2D eigenvalue weighted by molar-refractivity contribution is 6.31. The number of benzene rings is 2. The number of rotatable bonds is 1. The molecule has 0 bridgehead atoms. The first kappa shape index (κ1) is 13.1. The molecule has 2 aromatic rings. The number of carbonyl (C=O) groups is 2. The Labute approximate surface area is 118 Å². The van der Waals surface area contributed by atoms with Gasteiger partial charge in [0.15, 0.2) is 5.78 Å². The smallest absolute Gasteiger partial charge is 0.202 e. The van der Waals surface area contributed by atoms with E-state index in [0.29, 0.717) is 0 Å². The Balaban J connectivity index is 2.41. The summed E-state index contributed by atoms with van der Waals surface area (Å²) in [5.74, 6) is -2.90. The number of aliphatic hydroxyl groups is 1. The van der Waals surface area contributed by atoms with Crippen molar-refractivity contribution in [2.24, 2.45) is 0 Å². The number of phenols is 3. The first-order valence-corrected chi connectivity index (χ1v) is 6.07. The maximum atomic E-state index is 12.4. The fourth-order valence-corrected chi connectivity index (χ4v) is 2.51. The third-order valence-electron chi connectivity index (χ3n) is 3.50. The van der Waals surface area contributed by atoms with Gasteiger partial charge in [0.1, 0.15) is 17.2 Å². The zero-order valence-electron chi connectivity index (χ0n) is 10.6. The van der Waals surface area contributed by atoms with Gasteiger partial charge in [-0.15, -0.1) is 0 Å². The molecule has 21 heavy (non-hydrogen) atoms. The molecule has 0 spiro atoms.